The number of rotatable bonds is 2. The largest absolute Gasteiger partial charge is 0.507 e. The summed E-state index contributed by atoms with van der Waals surface area (Å²) in [5.74, 6) is 1.46. The summed E-state index contributed by atoms with van der Waals surface area (Å²) in [5, 5.41) is 15.7. The fourth-order valence-corrected chi connectivity index (χ4v) is 5.16. The van der Waals surface area contributed by atoms with E-state index in [1.807, 2.05) is 18.2 Å². The van der Waals surface area contributed by atoms with Gasteiger partial charge in [-0.1, -0.05) is 60.7 Å². The second kappa shape index (κ2) is 6.77. The molecule has 0 fully saturated rings. The fourth-order valence-electron chi connectivity index (χ4n) is 5.16. The van der Waals surface area contributed by atoms with Gasteiger partial charge in [-0.05, 0) is 76.1 Å². The Morgan fingerprint density at radius 1 is 0.767 bits per heavy atom. The predicted octanol–water partition coefficient (Wildman–Crippen LogP) is 7.23. The Morgan fingerprint density at radius 2 is 1.60 bits per heavy atom. The molecular weight excluding hydrogens is 368 g/mol. The van der Waals surface area contributed by atoms with Crippen LogP contribution in [0.5, 0.6) is 5.75 Å². The molecule has 5 aromatic rings. The van der Waals surface area contributed by atoms with Crippen LogP contribution in [0.15, 0.2) is 89.5 Å². The second-order valence-corrected chi connectivity index (χ2v) is 8.25. The van der Waals surface area contributed by atoms with Crippen LogP contribution in [-0.4, -0.2) is 5.11 Å². The van der Waals surface area contributed by atoms with Gasteiger partial charge in [0.2, 0.25) is 0 Å². The van der Waals surface area contributed by atoms with Crippen molar-refractivity contribution in [2.24, 2.45) is 0 Å². The number of aryl methyl sites for hydroxylation is 1. The van der Waals surface area contributed by atoms with E-state index in [1.54, 1.807) is 12.3 Å². The zero-order valence-electron chi connectivity index (χ0n) is 16.6. The maximum Gasteiger partial charge on any atom is 0.141 e. The molecule has 0 saturated heterocycles. The van der Waals surface area contributed by atoms with Crippen LogP contribution in [0.4, 0.5) is 0 Å². The number of phenolic OH excluding ortho intramolecular Hbond substituents is 1. The van der Waals surface area contributed by atoms with E-state index in [-0.39, 0.29) is 5.75 Å². The first-order valence-corrected chi connectivity index (χ1v) is 10.6. The van der Waals surface area contributed by atoms with Crippen molar-refractivity contribution in [3.05, 3.63) is 102 Å². The topological polar surface area (TPSA) is 33.4 Å². The Labute approximate surface area is 175 Å². The van der Waals surface area contributed by atoms with Crippen LogP contribution >= 0.6 is 0 Å². The lowest BCUT2D eigenvalue weighted by molar-refractivity contribution is 0.472. The molecule has 2 heteroatoms. The van der Waals surface area contributed by atoms with Crippen molar-refractivity contribution >= 4 is 21.5 Å². The lowest BCUT2D eigenvalue weighted by Gasteiger charge is -2.26. The molecule has 0 bridgehead atoms. The third kappa shape index (κ3) is 2.64. The monoisotopic (exact) mass is 390 g/mol. The van der Waals surface area contributed by atoms with Gasteiger partial charge in [0.1, 0.15) is 11.5 Å². The van der Waals surface area contributed by atoms with Gasteiger partial charge in [-0.3, -0.25) is 0 Å². The number of fused-ring (bicyclic) bond motifs is 5. The number of benzene rings is 4. The molecule has 1 heterocycles. The van der Waals surface area contributed by atoms with Gasteiger partial charge < -0.3 is 9.52 Å². The number of para-hydroxylation sites is 1. The van der Waals surface area contributed by atoms with Crippen LogP contribution < -0.4 is 0 Å². The highest BCUT2D eigenvalue weighted by atomic mass is 16.3. The van der Waals surface area contributed by atoms with Crippen molar-refractivity contribution in [1.82, 2.24) is 0 Å². The zero-order chi connectivity index (χ0) is 20.1. The lowest BCUT2D eigenvalue weighted by atomic mass is 9.78. The van der Waals surface area contributed by atoms with E-state index in [2.05, 4.69) is 54.6 Å². The second-order valence-electron chi connectivity index (χ2n) is 8.25. The highest BCUT2D eigenvalue weighted by Gasteiger charge is 2.26. The number of hydrogen-bond donors (Lipinski definition) is 1. The maximum absolute atomic E-state index is 10.3. The van der Waals surface area contributed by atoms with Gasteiger partial charge in [0.15, 0.2) is 0 Å². The number of aromatic hydroxyl groups is 1. The Kier molecular flexibility index (Phi) is 3.92. The number of phenols is 1. The summed E-state index contributed by atoms with van der Waals surface area (Å²) >= 11 is 0. The quantitative estimate of drug-likeness (QED) is 0.323. The van der Waals surface area contributed by atoms with E-state index < -0.39 is 0 Å². The molecule has 146 valence electrons. The van der Waals surface area contributed by atoms with Gasteiger partial charge in [-0.15, -0.1) is 0 Å². The summed E-state index contributed by atoms with van der Waals surface area (Å²) in [4.78, 5) is 0. The number of hydrogen-bond acceptors (Lipinski definition) is 2. The summed E-state index contributed by atoms with van der Waals surface area (Å²) in [6.45, 7) is 0. The average molecular weight is 390 g/mol. The van der Waals surface area contributed by atoms with Crippen molar-refractivity contribution in [2.45, 2.75) is 25.2 Å². The van der Waals surface area contributed by atoms with Crippen LogP contribution in [-0.2, 0) is 12.8 Å². The molecule has 0 amide bonds. The molecule has 0 spiro atoms. The van der Waals surface area contributed by atoms with Crippen LogP contribution in [0.3, 0.4) is 0 Å². The molecular formula is C28H22O2. The van der Waals surface area contributed by atoms with Crippen LogP contribution in [0.25, 0.3) is 32.9 Å². The highest BCUT2D eigenvalue weighted by Crippen LogP contribution is 2.42. The molecule has 1 aliphatic carbocycles. The maximum atomic E-state index is 10.3. The van der Waals surface area contributed by atoms with Crippen molar-refractivity contribution in [2.75, 3.05) is 0 Å². The standard InChI is InChI=1S/C28H22O2/c29-27-8-4-3-7-26(27)28-23(15-16-30-28)20-10-12-22-19(17-20)11-14-24-21-6-2-1-5-18(21)9-13-25(22)24/h1-9,11,13-16,20,29H,10,12,17H2. The highest BCUT2D eigenvalue weighted by molar-refractivity contribution is 6.08. The summed E-state index contributed by atoms with van der Waals surface area (Å²) in [7, 11) is 0. The van der Waals surface area contributed by atoms with E-state index in [9.17, 15) is 5.11 Å². The summed E-state index contributed by atoms with van der Waals surface area (Å²) < 4.78 is 5.83. The van der Waals surface area contributed by atoms with Gasteiger partial charge in [0.05, 0.1) is 11.8 Å². The molecule has 30 heavy (non-hydrogen) atoms. The van der Waals surface area contributed by atoms with Gasteiger partial charge in [-0.25, -0.2) is 0 Å². The third-order valence-electron chi connectivity index (χ3n) is 6.63. The van der Waals surface area contributed by atoms with E-state index in [0.29, 0.717) is 5.92 Å². The lowest BCUT2D eigenvalue weighted by Crippen LogP contribution is -2.13. The predicted molar refractivity (Wildman–Crippen MR) is 122 cm³/mol. The van der Waals surface area contributed by atoms with E-state index in [4.69, 9.17) is 4.42 Å². The van der Waals surface area contributed by atoms with Crippen molar-refractivity contribution in [1.29, 1.82) is 0 Å². The summed E-state index contributed by atoms with van der Waals surface area (Å²) in [6.07, 6.45) is 4.89. The van der Waals surface area contributed by atoms with Gasteiger partial charge in [0.25, 0.3) is 0 Å². The van der Waals surface area contributed by atoms with Crippen LogP contribution in [0, 0.1) is 0 Å². The molecule has 1 unspecified atom stereocenters. The molecule has 1 N–H and O–H groups in total. The number of furan rings is 1. The van der Waals surface area contributed by atoms with E-state index in [0.717, 1.165) is 30.6 Å². The average Bonchev–Trinajstić information content (AvgIpc) is 3.28. The first kappa shape index (κ1) is 17.3. The van der Waals surface area contributed by atoms with Gasteiger partial charge >= 0.3 is 0 Å². The minimum atomic E-state index is 0.266. The Hall–Kier alpha value is -3.52. The van der Waals surface area contributed by atoms with E-state index >= 15 is 0 Å². The fraction of sp³-hybridized carbons (Fsp3) is 0.143. The molecule has 2 nitrogen and oxygen atoms in total. The minimum absolute atomic E-state index is 0.266. The Bertz CT molecular complexity index is 1390. The van der Waals surface area contributed by atoms with Crippen molar-refractivity contribution < 1.29 is 9.52 Å². The molecule has 0 aliphatic heterocycles. The van der Waals surface area contributed by atoms with Gasteiger partial charge in [-0.2, -0.15) is 0 Å². The molecule has 6 rings (SSSR count). The molecule has 1 aromatic heterocycles. The molecule has 1 atom stereocenters. The molecule has 0 radical (unpaired) electrons. The normalized spacial score (nSPS) is 16.1. The van der Waals surface area contributed by atoms with Crippen LogP contribution in [0.1, 0.15) is 29.0 Å². The summed E-state index contributed by atoms with van der Waals surface area (Å²) in [5.41, 5.74) is 4.88. The van der Waals surface area contributed by atoms with Crippen molar-refractivity contribution in [3.63, 3.8) is 0 Å². The van der Waals surface area contributed by atoms with Crippen molar-refractivity contribution in [3.8, 4) is 17.1 Å². The first-order valence-electron chi connectivity index (χ1n) is 10.6. The Morgan fingerprint density at radius 3 is 2.53 bits per heavy atom. The zero-order valence-corrected chi connectivity index (χ0v) is 16.6. The Balaban J connectivity index is 1.42. The first-order chi connectivity index (χ1) is 14.8. The van der Waals surface area contributed by atoms with E-state index in [1.165, 1.54) is 38.2 Å². The summed E-state index contributed by atoms with van der Waals surface area (Å²) in [6, 6.07) is 27.3. The third-order valence-corrected chi connectivity index (χ3v) is 6.63. The molecule has 1 aliphatic rings. The minimum Gasteiger partial charge on any atom is -0.507 e. The van der Waals surface area contributed by atoms with Gasteiger partial charge in [0, 0.05) is 5.56 Å². The molecule has 0 saturated carbocycles. The SMILES string of the molecule is Oc1ccccc1-c1occc1C1CCc2c(ccc3c2ccc2ccccc23)C1. The smallest absolute Gasteiger partial charge is 0.141 e. The molecule has 4 aromatic carbocycles. The van der Waals surface area contributed by atoms with Crippen LogP contribution in [0.2, 0.25) is 0 Å².